The Bertz CT molecular complexity index is 2250. The molecule has 0 radical (unpaired) electrons. The zero-order valence-corrected chi connectivity index (χ0v) is 32.9. The minimum absolute atomic E-state index is 0.00611. The van der Waals surface area contributed by atoms with Gasteiger partial charge in [-0.2, -0.15) is 0 Å². The summed E-state index contributed by atoms with van der Waals surface area (Å²) in [6.45, 7) is 1.55. The van der Waals surface area contributed by atoms with Gasteiger partial charge in [0.15, 0.2) is 17.6 Å². The van der Waals surface area contributed by atoms with E-state index in [1.807, 2.05) is 30.3 Å². The zero-order valence-electron chi connectivity index (χ0n) is 32.9. The maximum Gasteiger partial charge on any atom is 0.355 e. The number of aliphatic hydroxyl groups is 5. The van der Waals surface area contributed by atoms with Gasteiger partial charge in [0.1, 0.15) is 36.8 Å². The number of hydrogen-bond donors (Lipinski definition) is 9. The number of phenols is 2. The Morgan fingerprint density at radius 3 is 2.42 bits per heavy atom. The average molecular weight is 827 g/mol. The van der Waals surface area contributed by atoms with Gasteiger partial charge in [-0.25, -0.2) is 4.79 Å². The number of benzene rings is 3. The highest BCUT2D eigenvalue weighted by molar-refractivity contribution is 6.46. The van der Waals surface area contributed by atoms with E-state index in [1.165, 1.54) is 24.3 Å². The maximum atomic E-state index is 14.6. The molecule has 16 nitrogen and oxygen atoms in total. The molecule has 3 aromatic rings. The number of anilines is 1. The molecule has 3 aromatic carbocycles. The second kappa shape index (κ2) is 16.0. The van der Waals surface area contributed by atoms with E-state index in [9.17, 15) is 50.4 Å². The monoisotopic (exact) mass is 826 g/mol. The predicted octanol–water partition coefficient (Wildman–Crippen LogP) is 2.40. The summed E-state index contributed by atoms with van der Waals surface area (Å²) in [4.78, 5) is 38.3. The summed E-state index contributed by atoms with van der Waals surface area (Å²) >= 11 is 0. The molecule has 8 rings (SSSR count). The van der Waals surface area contributed by atoms with Gasteiger partial charge in [0.25, 0.3) is 5.91 Å². The van der Waals surface area contributed by atoms with Crippen LogP contribution in [0.3, 0.4) is 0 Å². The maximum absolute atomic E-state index is 14.6. The summed E-state index contributed by atoms with van der Waals surface area (Å²) in [5.41, 5.74) is 10.3. The van der Waals surface area contributed by atoms with Crippen LogP contribution in [0.15, 0.2) is 76.7 Å². The Labute approximate surface area is 345 Å². The van der Waals surface area contributed by atoms with Gasteiger partial charge in [0, 0.05) is 41.0 Å². The van der Waals surface area contributed by atoms with Gasteiger partial charge in [-0.1, -0.05) is 49.7 Å². The molecule has 1 amide bonds. The highest BCUT2D eigenvalue weighted by Crippen LogP contribution is 2.55. The molecule has 10 N–H and O–H groups in total. The first-order valence-corrected chi connectivity index (χ1v) is 20.3. The lowest BCUT2D eigenvalue weighted by molar-refractivity contribution is -0.422. The number of hydrogen-bond acceptors (Lipinski definition) is 14. The van der Waals surface area contributed by atoms with Gasteiger partial charge < -0.3 is 56.1 Å². The fraction of sp³-hybridized carbons (Fsp3) is 0.455. The van der Waals surface area contributed by atoms with Crippen molar-refractivity contribution in [1.29, 1.82) is 0 Å². The van der Waals surface area contributed by atoms with Crippen LogP contribution < -0.4 is 15.4 Å². The summed E-state index contributed by atoms with van der Waals surface area (Å²) in [6, 6.07) is 15.0. The van der Waals surface area contributed by atoms with E-state index in [2.05, 4.69) is 16.9 Å². The normalized spacial score (nSPS) is 33.6. The molecule has 3 heterocycles. The number of carboxylic acids is 1. The number of carbonyl (C=O) groups is 2. The Balaban J connectivity index is 1.19. The van der Waals surface area contributed by atoms with Gasteiger partial charge in [-0.05, 0) is 79.0 Å². The molecular formula is C44H50N4O12. The fourth-order valence-corrected chi connectivity index (χ4v) is 10.0. The largest absolute Gasteiger partial charge is 0.508 e. The number of nitrogens with two attached hydrogens (primary N) is 1. The Morgan fingerprint density at radius 2 is 1.72 bits per heavy atom. The van der Waals surface area contributed by atoms with Crippen LogP contribution in [0.2, 0.25) is 0 Å². The number of fused-ring (bicyclic) bond motifs is 2. The van der Waals surface area contributed by atoms with Crippen LogP contribution in [0.1, 0.15) is 79.5 Å². The highest BCUT2D eigenvalue weighted by atomic mass is 16.8. The summed E-state index contributed by atoms with van der Waals surface area (Å²) in [5, 5.41) is 85.9. The number of ether oxygens (including phenoxy) is 2. The molecule has 0 spiro atoms. The molecule has 3 fully saturated rings. The third kappa shape index (κ3) is 7.05. The van der Waals surface area contributed by atoms with E-state index < -0.39 is 77.7 Å². The summed E-state index contributed by atoms with van der Waals surface area (Å²) < 4.78 is 10.9. The zero-order chi connectivity index (χ0) is 42.7. The van der Waals surface area contributed by atoms with Crippen LogP contribution in [0.25, 0.3) is 6.08 Å². The van der Waals surface area contributed by atoms with Crippen LogP contribution in [-0.4, -0.2) is 120 Å². The summed E-state index contributed by atoms with van der Waals surface area (Å²) in [6.07, 6.45) is -1.15. The number of carbonyl (C=O) groups excluding carboxylic acids is 1. The number of aliphatic imine (C=N–C) groups is 2. The number of aliphatic hydroxyl groups excluding tert-OH is 4. The Hall–Kier alpha value is -5.20. The lowest BCUT2D eigenvalue weighted by Crippen LogP contribution is -2.67. The van der Waals surface area contributed by atoms with Gasteiger partial charge in [-0.15, -0.1) is 0 Å². The van der Waals surface area contributed by atoms with Crippen LogP contribution in [0, 0.1) is 5.92 Å². The second-order valence-electron chi connectivity index (χ2n) is 16.6. The lowest BCUT2D eigenvalue weighted by Gasteiger charge is -2.44. The first kappa shape index (κ1) is 41.5. The van der Waals surface area contributed by atoms with Crippen molar-refractivity contribution in [3.05, 3.63) is 89.0 Å². The first-order chi connectivity index (χ1) is 28.7. The van der Waals surface area contributed by atoms with Crippen LogP contribution in [-0.2, 0) is 19.7 Å². The molecule has 2 saturated carbocycles. The van der Waals surface area contributed by atoms with Crippen LogP contribution in [0.5, 0.6) is 17.2 Å². The molecule has 318 valence electrons. The molecular weight excluding hydrogens is 776 g/mol. The van der Waals surface area contributed by atoms with E-state index in [0.29, 0.717) is 30.6 Å². The molecule has 16 heteroatoms. The predicted molar refractivity (Wildman–Crippen MR) is 218 cm³/mol. The number of rotatable bonds is 10. The Morgan fingerprint density at radius 1 is 0.967 bits per heavy atom. The topological polar surface area (TPSA) is 268 Å². The third-order valence-corrected chi connectivity index (χ3v) is 13.2. The molecule has 60 heavy (non-hydrogen) atoms. The van der Waals surface area contributed by atoms with E-state index in [-0.39, 0.29) is 41.3 Å². The fourth-order valence-electron chi connectivity index (χ4n) is 10.0. The number of aliphatic carboxylic acids is 1. The number of nitrogens with zero attached hydrogens (tertiary/aromatic N) is 3. The van der Waals surface area contributed by atoms with E-state index in [0.717, 1.165) is 47.2 Å². The van der Waals surface area contributed by atoms with Crippen molar-refractivity contribution < 1.29 is 59.9 Å². The average Bonchev–Trinajstić information content (AvgIpc) is 3.96. The van der Waals surface area contributed by atoms with Crippen LogP contribution in [0.4, 0.5) is 5.69 Å². The minimum Gasteiger partial charge on any atom is -0.508 e. The molecule has 3 aliphatic heterocycles. The number of phenolic OH excluding ortho intramolecular Hbond substituents is 2. The quantitative estimate of drug-likeness (QED) is 0.105. The molecule has 1 saturated heterocycles. The standard InChI is InChI=1S/C44H50N4O12/c1-22-9-12-25(37-36(22)46-21-47-37)27-16-23(10-13-30(27)50)11-14-35(52)48-29-18-32(59-44(58)41(55)40(54)39(53)33(20-49)60-44)31(51)17-26(29)28(38(48)42(56)57)19-43(15-5-8-34(43)45)24-6-3-2-4-7-24/h2-4,6-7,10-11,13-14,16-18,22,25,28,33-34,38-41,49-51,53-55,58H,5,8-9,12,15,19-21,45H2,1H3,(H,56,57). The first-order valence-electron chi connectivity index (χ1n) is 20.3. The molecule has 11 atom stereocenters. The smallest absolute Gasteiger partial charge is 0.355 e. The van der Waals surface area contributed by atoms with Crippen molar-refractivity contribution >= 4 is 35.1 Å². The van der Waals surface area contributed by atoms with E-state index >= 15 is 0 Å². The number of aromatic hydroxyl groups is 2. The second-order valence-corrected chi connectivity index (χ2v) is 16.6. The van der Waals surface area contributed by atoms with Gasteiger partial charge in [0.05, 0.1) is 23.7 Å². The van der Waals surface area contributed by atoms with E-state index in [4.69, 9.17) is 15.2 Å². The van der Waals surface area contributed by atoms with Crippen molar-refractivity contribution in [2.24, 2.45) is 21.6 Å². The van der Waals surface area contributed by atoms with Crippen LogP contribution >= 0.6 is 0 Å². The summed E-state index contributed by atoms with van der Waals surface area (Å²) in [7, 11) is 0. The summed E-state index contributed by atoms with van der Waals surface area (Å²) in [5.74, 6) is -7.21. The van der Waals surface area contributed by atoms with Crippen molar-refractivity contribution in [3.8, 4) is 17.2 Å². The van der Waals surface area contributed by atoms with Crippen molar-refractivity contribution in [2.75, 3.05) is 18.2 Å². The number of amides is 1. The Kier molecular flexibility index (Phi) is 11.1. The van der Waals surface area contributed by atoms with Crippen molar-refractivity contribution in [3.63, 3.8) is 0 Å². The van der Waals surface area contributed by atoms with Gasteiger partial charge in [0.2, 0.25) is 0 Å². The van der Waals surface area contributed by atoms with Gasteiger partial charge in [-0.3, -0.25) is 19.7 Å². The van der Waals surface area contributed by atoms with Gasteiger partial charge >= 0.3 is 11.9 Å². The lowest BCUT2D eigenvalue weighted by atomic mass is 9.68. The molecule has 0 bridgehead atoms. The van der Waals surface area contributed by atoms with Crippen molar-refractivity contribution in [2.45, 2.75) is 105 Å². The van der Waals surface area contributed by atoms with Crippen molar-refractivity contribution in [1.82, 2.24) is 0 Å². The minimum atomic E-state index is -3.12. The number of carboxylic acid groups (broad SMARTS) is 1. The SMILES string of the molecule is CC1CCC(c2cc(C=CC(=O)N3c4cc(OC5(O)OC(CO)C(O)C(O)C5O)c(O)cc4C(CC4(c5ccccc5)CCCC4N)C3C(=O)O)ccc2O)C2=NCN=C21. The molecule has 0 aromatic heterocycles. The molecule has 11 unspecified atom stereocenters. The third-order valence-electron chi connectivity index (χ3n) is 13.2. The molecule has 2 aliphatic carbocycles. The molecule has 5 aliphatic rings. The van der Waals surface area contributed by atoms with E-state index in [1.54, 1.807) is 12.1 Å². The highest BCUT2D eigenvalue weighted by Gasteiger charge is 2.56.